The Kier molecular flexibility index (Phi) is 5.51. The van der Waals surface area contributed by atoms with Crippen molar-refractivity contribution in [3.8, 4) is 5.75 Å². The topological polar surface area (TPSA) is 9.23 Å². The van der Waals surface area contributed by atoms with Crippen LogP contribution in [-0.4, -0.2) is 8.32 Å². The van der Waals surface area contributed by atoms with E-state index in [9.17, 15) is 0 Å². The van der Waals surface area contributed by atoms with Crippen LogP contribution in [0.25, 0.3) is 0 Å². The maximum absolute atomic E-state index is 6.49. The fourth-order valence-electron chi connectivity index (χ4n) is 1.39. The van der Waals surface area contributed by atoms with Crippen LogP contribution in [0.2, 0.25) is 18.1 Å². The molecule has 0 radical (unpaired) electrons. The van der Waals surface area contributed by atoms with Crippen molar-refractivity contribution in [2.45, 2.75) is 49.6 Å². The maximum Gasteiger partial charge on any atom is 0.250 e. The minimum atomic E-state index is -1.78. The summed E-state index contributed by atoms with van der Waals surface area (Å²) in [5.41, 5.74) is 2.47. The first-order valence-corrected chi connectivity index (χ1v) is 11.3. The molecule has 0 bridgehead atoms. The van der Waals surface area contributed by atoms with E-state index in [0.717, 1.165) is 16.4 Å². The molecule has 0 amide bonds. The smallest absolute Gasteiger partial charge is 0.250 e. The Bertz CT molecular complexity index is 388. The van der Waals surface area contributed by atoms with Crippen molar-refractivity contribution < 1.29 is 4.43 Å². The average molecular weight is 394 g/mol. The molecule has 0 N–H and O–H groups in total. The Morgan fingerprint density at radius 1 is 1.06 bits per heavy atom. The summed E-state index contributed by atoms with van der Waals surface area (Å²) in [6.07, 6.45) is 0. The molecule has 0 saturated carbocycles. The number of hydrogen-bond donors (Lipinski definition) is 0. The van der Waals surface area contributed by atoms with Crippen molar-refractivity contribution in [2.24, 2.45) is 0 Å². The lowest BCUT2D eigenvalue weighted by molar-refractivity contribution is 0.486. The predicted molar refractivity (Wildman–Crippen MR) is 89.5 cm³/mol. The number of para-hydroxylation sites is 1. The molecule has 4 heteroatoms. The Morgan fingerprint density at radius 2 is 1.50 bits per heavy atom. The highest BCUT2D eigenvalue weighted by atomic mass is 79.9. The fourth-order valence-corrected chi connectivity index (χ4v) is 3.35. The summed E-state index contributed by atoms with van der Waals surface area (Å²) in [7, 11) is -1.78. The normalized spacial score (nSPS) is 12.6. The van der Waals surface area contributed by atoms with E-state index in [2.05, 4.69) is 83.9 Å². The molecule has 0 fully saturated rings. The van der Waals surface area contributed by atoms with Gasteiger partial charge in [0.2, 0.25) is 0 Å². The monoisotopic (exact) mass is 392 g/mol. The van der Waals surface area contributed by atoms with Crippen LogP contribution in [0.5, 0.6) is 5.75 Å². The molecule has 0 aliphatic rings. The van der Waals surface area contributed by atoms with E-state index < -0.39 is 8.32 Å². The standard InChI is InChI=1S/C14H22Br2OSi/c1-14(2,3)18(4,5)17-13-11(9-15)7-6-8-12(13)10-16/h6-8H,9-10H2,1-5H3. The number of benzene rings is 1. The maximum atomic E-state index is 6.49. The molecule has 0 aliphatic carbocycles. The average Bonchev–Trinajstić information content (AvgIpc) is 2.27. The van der Waals surface area contributed by atoms with Crippen LogP contribution in [-0.2, 0) is 10.7 Å². The van der Waals surface area contributed by atoms with E-state index in [0.29, 0.717) is 0 Å². The molecular weight excluding hydrogens is 372 g/mol. The minimum absolute atomic E-state index is 0.218. The van der Waals surface area contributed by atoms with Gasteiger partial charge in [-0.1, -0.05) is 70.8 Å². The van der Waals surface area contributed by atoms with Gasteiger partial charge >= 0.3 is 0 Å². The van der Waals surface area contributed by atoms with Gasteiger partial charge in [0.05, 0.1) is 0 Å². The van der Waals surface area contributed by atoms with Gasteiger partial charge in [0.1, 0.15) is 5.75 Å². The summed E-state index contributed by atoms with van der Waals surface area (Å²) in [4.78, 5) is 0. The van der Waals surface area contributed by atoms with E-state index in [1.54, 1.807) is 0 Å². The molecule has 18 heavy (non-hydrogen) atoms. The van der Waals surface area contributed by atoms with Gasteiger partial charge in [-0.3, -0.25) is 0 Å². The molecule has 102 valence electrons. The molecule has 1 aromatic rings. The van der Waals surface area contributed by atoms with Crippen LogP contribution in [0.15, 0.2) is 18.2 Å². The lowest BCUT2D eigenvalue weighted by atomic mass is 10.1. The molecule has 1 rings (SSSR count). The quantitative estimate of drug-likeness (QED) is 0.459. The number of rotatable bonds is 4. The summed E-state index contributed by atoms with van der Waals surface area (Å²) >= 11 is 7.10. The zero-order chi connectivity index (χ0) is 14.0. The lowest BCUT2D eigenvalue weighted by Gasteiger charge is -2.37. The first-order chi connectivity index (χ1) is 8.23. The third-order valence-corrected chi connectivity index (χ3v) is 9.16. The summed E-state index contributed by atoms with van der Waals surface area (Å²) in [6, 6.07) is 6.35. The molecule has 1 nitrogen and oxygen atoms in total. The first-order valence-electron chi connectivity index (χ1n) is 6.14. The molecule has 0 aromatic heterocycles. The van der Waals surface area contributed by atoms with E-state index in [-0.39, 0.29) is 5.04 Å². The van der Waals surface area contributed by atoms with Crippen LogP contribution in [0.4, 0.5) is 0 Å². The fraction of sp³-hybridized carbons (Fsp3) is 0.571. The van der Waals surface area contributed by atoms with Crippen molar-refractivity contribution in [3.63, 3.8) is 0 Å². The van der Waals surface area contributed by atoms with Crippen LogP contribution in [0, 0.1) is 0 Å². The van der Waals surface area contributed by atoms with E-state index >= 15 is 0 Å². The van der Waals surface area contributed by atoms with Crippen molar-refractivity contribution in [1.82, 2.24) is 0 Å². The zero-order valence-corrected chi connectivity index (χ0v) is 16.0. The van der Waals surface area contributed by atoms with Gasteiger partial charge < -0.3 is 4.43 Å². The molecule has 0 atom stereocenters. The summed E-state index contributed by atoms with van der Waals surface area (Å²) in [5, 5.41) is 1.88. The minimum Gasteiger partial charge on any atom is -0.543 e. The summed E-state index contributed by atoms with van der Waals surface area (Å²) < 4.78 is 6.49. The van der Waals surface area contributed by atoms with Crippen LogP contribution < -0.4 is 4.43 Å². The third kappa shape index (κ3) is 3.61. The van der Waals surface area contributed by atoms with Gasteiger partial charge in [-0.25, -0.2) is 0 Å². The van der Waals surface area contributed by atoms with E-state index in [1.165, 1.54) is 11.1 Å². The molecule has 1 aromatic carbocycles. The first kappa shape index (κ1) is 16.3. The van der Waals surface area contributed by atoms with Crippen molar-refractivity contribution in [1.29, 1.82) is 0 Å². The van der Waals surface area contributed by atoms with Crippen LogP contribution in [0.1, 0.15) is 31.9 Å². The number of hydrogen-bond acceptors (Lipinski definition) is 1. The number of alkyl halides is 2. The molecule has 0 saturated heterocycles. The van der Waals surface area contributed by atoms with Gasteiger partial charge in [-0.2, -0.15) is 0 Å². The molecular formula is C14H22Br2OSi. The van der Waals surface area contributed by atoms with Crippen molar-refractivity contribution in [2.75, 3.05) is 0 Å². The Balaban J connectivity index is 3.17. The summed E-state index contributed by atoms with van der Waals surface area (Å²) in [6.45, 7) is 11.4. The van der Waals surface area contributed by atoms with E-state index in [4.69, 9.17) is 4.43 Å². The van der Waals surface area contributed by atoms with Crippen LogP contribution in [0.3, 0.4) is 0 Å². The van der Waals surface area contributed by atoms with Gasteiger partial charge in [0.15, 0.2) is 0 Å². The predicted octanol–water partition coefficient (Wildman–Crippen LogP) is 5.86. The molecule has 0 unspecified atom stereocenters. The summed E-state index contributed by atoms with van der Waals surface area (Å²) in [5.74, 6) is 1.07. The Morgan fingerprint density at radius 3 is 1.83 bits per heavy atom. The largest absolute Gasteiger partial charge is 0.543 e. The van der Waals surface area contributed by atoms with Gasteiger partial charge in [0.25, 0.3) is 8.32 Å². The van der Waals surface area contributed by atoms with Gasteiger partial charge in [-0.15, -0.1) is 0 Å². The highest BCUT2D eigenvalue weighted by Gasteiger charge is 2.39. The van der Waals surface area contributed by atoms with Gasteiger partial charge in [-0.05, 0) is 18.1 Å². The second-order valence-corrected chi connectivity index (χ2v) is 11.9. The van der Waals surface area contributed by atoms with Crippen LogP contribution >= 0.6 is 31.9 Å². The second kappa shape index (κ2) is 6.10. The highest BCUT2D eigenvalue weighted by Crippen LogP contribution is 2.40. The SMILES string of the molecule is CC(C)(C)[Si](C)(C)Oc1c(CBr)cccc1CBr. The van der Waals surface area contributed by atoms with Crippen molar-refractivity contribution in [3.05, 3.63) is 29.3 Å². The Hall–Kier alpha value is 0.197. The van der Waals surface area contributed by atoms with Crippen molar-refractivity contribution >= 4 is 40.2 Å². The Labute approximate surface area is 129 Å². The lowest BCUT2D eigenvalue weighted by Crippen LogP contribution is -2.44. The third-order valence-electron chi connectivity index (χ3n) is 3.63. The molecule has 0 heterocycles. The highest BCUT2D eigenvalue weighted by molar-refractivity contribution is 9.08. The van der Waals surface area contributed by atoms with Gasteiger partial charge in [0, 0.05) is 21.8 Å². The number of halogens is 2. The molecule has 0 aliphatic heterocycles. The van der Waals surface area contributed by atoms with E-state index in [1.807, 2.05) is 0 Å². The second-order valence-electron chi connectivity index (χ2n) is 6.04. The molecule has 0 spiro atoms. The zero-order valence-electron chi connectivity index (χ0n) is 11.8.